The van der Waals surface area contributed by atoms with E-state index in [0.717, 1.165) is 0 Å². The molecule has 0 aliphatic heterocycles. The molecule has 0 amide bonds. The molecule has 0 saturated heterocycles. The van der Waals surface area contributed by atoms with E-state index in [1.54, 1.807) is 0 Å². The molecule has 66 valence electrons. The molecule has 1 aliphatic carbocycles. The van der Waals surface area contributed by atoms with Crippen molar-refractivity contribution in [1.82, 2.24) is 0 Å². The van der Waals surface area contributed by atoms with Gasteiger partial charge in [0.15, 0.2) is 0 Å². The molecule has 1 rings (SSSR count). The smallest absolute Gasteiger partial charge is 0.372 e. The lowest BCUT2D eigenvalue weighted by molar-refractivity contribution is -0.151. The van der Waals surface area contributed by atoms with E-state index >= 15 is 0 Å². The van der Waals surface area contributed by atoms with Gasteiger partial charge in [0.1, 0.15) is 5.78 Å². The van der Waals surface area contributed by atoms with E-state index in [0.29, 0.717) is 25.7 Å². The van der Waals surface area contributed by atoms with Crippen LogP contribution in [0.4, 0.5) is 0 Å². The van der Waals surface area contributed by atoms with Gasteiger partial charge >= 0.3 is 5.97 Å². The van der Waals surface area contributed by atoms with Gasteiger partial charge in [0.2, 0.25) is 5.78 Å². The number of ketones is 2. The minimum Gasteiger partial charge on any atom is -0.475 e. The zero-order valence-corrected chi connectivity index (χ0v) is 6.58. The minimum absolute atomic E-state index is 0.129. The summed E-state index contributed by atoms with van der Waals surface area (Å²) in [7, 11) is 0. The maximum absolute atomic E-state index is 10.9. The number of hydrogen-bond acceptors (Lipinski definition) is 3. The molecule has 0 aromatic heterocycles. The molecule has 0 atom stereocenters. The first kappa shape index (κ1) is 8.90. The molecular formula is C8H10O4. The van der Waals surface area contributed by atoms with Gasteiger partial charge in [-0.15, -0.1) is 0 Å². The van der Waals surface area contributed by atoms with Crippen LogP contribution in [0, 0.1) is 5.92 Å². The van der Waals surface area contributed by atoms with E-state index in [1.807, 2.05) is 0 Å². The van der Waals surface area contributed by atoms with Gasteiger partial charge in [-0.1, -0.05) is 0 Å². The van der Waals surface area contributed by atoms with Crippen LogP contribution in [0.3, 0.4) is 0 Å². The number of carbonyl (C=O) groups is 3. The summed E-state index contributed by atoms with van der Waals surface area (Å²) in [6.45, 7) is 0. The van der Waals surface area contributed by atoms with Gasteiger partial charge < -0.3 is 5.11 Å². The topological polar surface area (TPSA) is 71.4 Å². The summed E-state index contributed by atoms with van der Waals surface area (Å²) < 4.78 is 0. The standard InChI is InChI=1S/C8H10O4/c9-6-3-1-5(2-4-6)7(10)8(11)12/h5H,1-4H2,(H,11,12). The quantitative estimate of drug-likeness (QED) is 0.609. The molecule has 4 heteroatoms. The number of Topliss-reactive ketones (excluding diaryl/α,β-unsaturated/α-hetero) is 2. The van der Waals surface area contributed by atoms with Crippen LogP contribution in [0.2, 0.25) is 0 Å². The van der Waals surface area contributed by atoms with Crippen molar-refractivity contribution in [3.63, 3.8) is 0 Å². The van der Waals surface area contributed by atoms with E-state index in [2.05, 4.69) is 0 Å². The number of carbonyl (C=O) groups excluding carboxylic acids is 2. The third kappa shape index (κ3) is 1.90. The Morgan fingerprint density at radius 2 is 1.75 bits per heavy atom. The third-order valence-electron chi connectivity index (χ3n) is 2.12. The van der Waals surface area contributed by atoms with Gasteiger partial charge in [0.25, 0.3) is 0 Å². The van der Waals surface area contributed by atoms with Gasteiger partial charge in [0.05, 0.1) is 0 Å². The van der Waals surface area contributed by atoms with Crippen LogP contribution in [0.15, 0.2) is 0 Å². The van der Waals surface area contributed by atoms with Gasteiger partial charge in [-0.25, -0.2) is 4.79 Å². The molecule has 1 fully saturated rings. The number of carboxylic acids is 1. The Labute approximate surface area is 69.6 Å². The predicted molar refractivity (Wildman–Crippen MR) is 39.6 cm³/mol. The van der Waals surface area contributed by atoms with E-state index in [-0.39, 0.29) is 5.78 Å². The van der Waals surface area contributed by atoms with E-state index < -0.39 is 17.7 Å². The van der Waals surface area contributed by atoms with Crippen LogP contribution >= 0.6 is 0 Å². The molecule has 0 heterocycles. The second-order valence-electron chi connectivity index (χ2n) is 2.98. The highest BCUT2D eigenvalue weighted by Gasteiger charge is 2.28. The minimum atomic E-state index is -1.38. The average Bonchev–Trinajstić information content (AvgIpc) is 2.04. The lowest BCUT2D eigenvalue weighted by atomic mass is 9.85. The number of rotatable bonds is 2. The second kappa shape index (κ2) is 3.47. The number of aliphatic carboxylic acids is 1. The van der Waals surface area contributed by atoms with Crippen LogP contribution < -0.4 is 0 Å². The molecule has 0 aromatic carbocycles. The zero-order valence-electron chi connectivity index (χ0n) is 6.58. The van der Waals surface area contributed by atoms with Gasteiger partial charge in [-0.2, -0.15) is 0 Å². The summed E-state index contributed by atoms with van der Waals surface area (Å²) in [5, 5.41) is 8.37. The molecule has 0 aromatic rings. The van der Waals surface area contributed by atoms with Crippen molar-refractivity contribution in [3.05, 3.63) is 0 Å². The summed E-state index contributed by atoms with van der Waals surface area (Å²) in [6.07, 6.45) is 1.52. The molecule has 0 radical (unpaired) electrons. The predicted octanol–water partition coefficient (Wildman–Crippen LogP) is 0.399. The van der Waals surface area contributed by atoms with Gasteiger partial charge in [-0.05, 0) is 12.8 Å². The Morgan fingerprint density at radius 3 is 2.17 bits per heavy atom. The van der Waals surface area contributed by atoms with E-state index in [9.17, 15) is 14.4 Å². The van der Waals surface area contributed by atoms with Gasteiger partial charge in [0, 0.05) is 18.8 Å². The van der Waals surface area contributed by atoms with Crippen molar-refractivity contribution in [2.45, 2.75) is 25.7 Å². The van der Waals surface area contributed by atoms with Crippen LogP contribution in [-0.4, -0.2) is 22.6 Å². The molecule has 1 N–H and O–H groups in total. The van der Waals surface area contributed by atoms with Crippen molar-refractivity contribution in [1.29, 1.82) is 0 Å². The summed E-state index contributed by atoms with van der Waals surface area (Å²) in [6, 6.07) is 0. The Kier molecular flexibility index (Phi) is 2.58. The highest BCUT2D eigenvalue weighted by molar-refractivity contribution is 6.33. The normalized spacial score (nSPS) is 19.2. The highest BCUT2D eigenvalue weighted by Crippen LogP contribution is 2.22. The SMILES string of the molecule is O=C1CCC(C(=O)C(=O)O)CC1. The van der Waals surface area contributed by atoms with Crippen LogP contribution in [0.1, 0.15) is 25.7 Å². The Hall–Kier alpha value is -1.19. The van der Waals surface area contributed by atoms with E-state index in [1.165, 1.54) is 0 Å². The number of carboxylic acid groups (broad SMARTS) is 1. The van der Waals surface area contributed by atoms with Crippen LogP contribution in [-0.2, 0) is 14.4 Å². The fraction of sp³-hybridized carbons (Fsp3) is 0.625. The first-order chi connectivity index (χ1) is 5.61. The molecule has 0 spiro atoms. The molecular weight excluding hydrogens is 160 g/mol. The van der Waals surface area contributed by atoms with Crippen molar-refractivity contribution in [3.8, 4) is 0 Å². The van der Waals surface area contributed by atoms with E-state index in [4.69, 9.17) is 5.11 Å². The summed E-state index contributed by atoms with van der Waals surface area (Å²) in [4.78, 5) is 31.9. The van der Waals surface area contributed by atoms with Crippen LogP contribution in [0.25, 0.3) is 0 Å². The van der Waals surface area contributed by atoms with Crippen molar-refractivity contribution in [2.75, 3.05) is 0 Å². The maximum Gasteiger partial charge on any atom is 0.372 e. The lowest BCUT2D eigenvalue weighted by Crippen LogP contribution is -2.27. The Bertz CT molecular complexity index is 221. The summed E-state index contributed by atoms with van der Waals surface area (Å²) in [5.41, 5.74) is 0. The summed E-state index contributed by atoms with van der Waals surface area (Å²) >= 11 is 0. The van der Waals surface area contributed by atoms with Gasteiger partial charge in [-0.3, -0.25) is 9.59 Å². The Morgan fingerprint density at radius 1 is 1.25 bits per heavy atom. The Balaban J connectivity index is 2.50. The van der Waals surface area contributed by atoms with Crippen molar-refractivity contribution < 1.29 is 19.5 Å². The van der Waals surface area contributed by atoms with Crippen molar-refractivity contribution in [2.24, 2.45) is 5.92 Å². The largest absolute Gasteiger partial charge is 0.475 e. The molecule has 0 unspecified atom stereocenters. The zero-order chi connectivity index (χ0) is 9.14. The lowest BCUT2D eigenvalue weighted by Gasteiger charge is -2.17. The maximum atomic E-state index is 10.9. The molecule has 0 bridgehead atoms. The molecule has 1 aliphatic rings. The molecule has 12 heavy (non-hydrogen) atoms. The molecule has 4 nitrogen and oxygen atoms in total. The van der Waals surface area contributed by atoms with Crippen molar-refractivity contribution >= 4 is 17.5 Å². The average molecular weight is 170 g/mol. The van der Waals surface area contributed by atoms with Crippen LogP contribution in [0.5, 0.6) is 0 Å². The number of hydrogen-bond donors (Lipinski definition) is 1. The monoisotopic (exact) mass is 170 g/mol. The first-order valence-corrected chi connectivity index (χ1v) is 3.90. The third-order valence-corrected chi connectivity index (χ3v) is 2.12. The second-order valence-corrected chi connectivity index (χ2v) is 2.98. The first-order valence-electron chi connectivity index (χ1n) is 3.90. The highest BCUT2D eigenvalue weighted by atomic mass is 16.4. The fourth-order valence-corrected chi connectivity index (χ4v) is 1.38. The fourth-order valence-electron chi connectivity index (χ4n) is 1.38. The summed E-state index contributed by atoms with van der Waals surface area (Å²) in [5.74, 6) is -2.43. The molecule has 1 saturated carbocycles.